The van der Waals surface area contributed by atoms with Crippen molar-refractivity contribution in [2.75, 3.05) is 33.9 Å². The second-order valence-electron chi connectivity index (χ2n) is 9.43. The summed E-state index contributed by atoms with van der Waals surface area (Å²) in [6, 6.07) is 8.69. The Bertz CT molecular complexity index is 1370. The predicted molar refractivity (Wildman–Crippen MR) is 138 cm³/mol. The van der Waals surface area contributed by atoms with Crippen molar-refractivity contribution in [1.29, 1.82) is 0 Å². The van der Waals surface area contributed by atoms with Crippen LogP contribution in [0.2, 0.25) is 0 Å². The minimum atomic E-state index is -1.28. The summed E-state index contributed by atoms with van der Waals surface area (Å²) in [4.78, 5) is 19.0. The van der Waals surface area contributed by atoms with E-state index < -0.39 is 17.5 Å². The first-order valence-electron chi connectivity index (χ1n) is 12.4. The van der Waals surface area contributed by atoms with Gasteiger partial charge >= 0.3 is 5.97 Å². The van der Waals surface area contributed by atoms with Crippen molar-refractivity contribution in [1.82, 2.24) is 9.88 Å². The fourth-order valence-corrected chi connectivity index (χ4v) is 5.02. The first-order valence-corrected chi connectivity index (χ1v) is 12.4. The van der Waals surface area contributed by atoms with Gasteiger partial charge in [0.15, 0.2) is 11.6 Å². The van der Waals surface area contributed by atoms with Gasteiger partial charge in [0.05, 0.1) is 37.8 Å². The zero-order valence-corrected chi connectivity index (χ0v) is 21.3. The Labute approximate surface area is 219 Å². The van der Waals surface area contributed by atoms with Crippen LogP contribution in [0.3, 0.4) is 0 Å². The Morgan fingerprint density at radius 2 is 2.03 bits per heavy atom. The SMILES string of the molecule is COC(=O)[C@H]1CN(CC#Cc2cc(F)cc(F)c2F)CC[C@H]1CC[C@@H](N)c1ccnc2ccc(OC)cc12. The number of nitrogens with two attached hydrogens (primary N) is 1. The molecule has 0 saturated carbocycles. The molecule has 6 nitrogen and oxygen atoms in total. The molecule has 2 heterocycles. The maximum Gasteiger partial charge on any atom is 0.310 e. The number of aromatic nitrogens is 1. The minimum absolute atomic E-state index is 0.0649. The Kier molecular flexibility index (Phi) is 8.87. The van der Waals surface area contributed by atoms with Crippen LogP contribution in [-0.2, 0) is 9.53 Å². The number of pyridine rings is 1. The molecule has 200 valence electrons. The molecule has 2 N–H and O–H groups in total. The van der Waals surface area contributed by atoms with Gasteiger partial charge in [-0.25, -0.2) is 13.2 Å². The molecule has 38 heavy (non-hydrogen) atoms. The van der Waals surface area contributed by atoms with Crippen LogP contribution < -0.4 is 10.5 Å². The van der Waals surface area contributed by atoms with E-state index in [4.69, 9.17) is 15.2 Å². The van der Waals surface area contributed by atoms with E-state index in [-0.39, 0.29) is 36.0 Å². The molecule has 0 amide bonds. The van der Waals surface area contributed by atoms with Crippen LogP contribution in [0.1, 0.15) is 36.4 Å². The molecule has 4 rings (SSSR count). The molecular weight excluding hydrogens is 495 g/mol. The average molecular weight is 526 g/mol. The molecule has 1 aliphatic heterocycles. The van der Waals surface area contributed by atoms with Crippen LogP contribution in [0.25, 0.3) is 10.9 Å². The van der Waals surface area contributed by atoms with Crippen LogP contribution in [0, 0.1) is 41.1 Å². The third kappa shape index (κ3) is 6.26. The number of methoxy groups -OCH3 is 2. The fraction of sp³-hybridized carbons (Fsp3) is 0.379. The second-order valence-corrected chi connectivity index (χ2v) is 9.43. The fourth-order valence-electron chi connectivity index (χ4n) is 5.02. The first kappa shape index (κ1) is 27.4. The van der Waals surface area contributed by atoms with Crippen molar-refractivity contribution in [3.8, 4) is 17.6 Å². The van der Waals surface area contributed by atoms with Crippen molar-refractivity contribution in [2.45, 2.75) is 25.3 Å². The van der Waals surface area contributed by atoms with E-state index in [1.54, 1.807) is 13.3 Å². The van der Waals surface area contributed by atoms with Crippen LogP contribution in [-0.4, -0.2) is 49.7 Å². The smallest absolute Gasteiger partial charge is 0.310 e. The lowest BCUT2D eigenvalue weighted by Gasteiger charge is -2.36. The normalized spacial score (nSPS) is 18.5. The Morgan fingerprint density at radius 3 is 2.79 bits per heavy atom. The number of esters is 1. The van der Waals surface area contributed by atoms with Crippen molar-refractivity contribution < 1.29 is 27.4 Å². The van der Waals surface area contributed by atoms with E-state index >= 15 is 0 Å². The van der Waals surface area contributed by atoms with E-state index in [1.165, 1.54) is 7.11 Å². The number of ether oxygens (including phenoxy) is 2. The predicted octanol–water partition coefficient (Wildman–Crippen LogP) is 4.60. The lowest BCUT2D eigenvalue weighted by molar-refractivity contribution is -0.149. The molecule has 9 heteroatoms. The van der Waals surface area contributed by atoms with Crippen molar-refractivity contribution in [3.63, 3.8) is 0 Å². The molecule has 0 radical (unpaired) electrons. The van der Waals surface area contributed by atoms with Crippen molar-refractivity contribution in [2.24, 2.45) is 17.6 Å². The number of fused-ring (bicyclic) bond motifs is 1. The number of rotatable bonds is 7. The summed E-state index contributed by atoms with van der Waals surface area (Å²) < 4.78 is 51.1. The van der Waals surface area contributed by atoms with Crippen molar-refractivity contribution in [3.05, 3.63) is 71.2 Å². The highest BCUT2D eigenvalue weighted by Gasteiger charge is 2.35. The van der Waals surface area contributed by atoms with Gasteiger partial charge in [0.25, 0.3) is 0 Å². The largest absolute Gasteiger partial charge is 0.497 e. The van der Waals surface area contributed by atoms with E-state index in [0.717, 1.165) is 41.1 Å². The van der Waals surface area contributed by atoms with Gasteiger partial charge in [-0.2, -0.15) is 0 Å². The number of piperidine rings is 1. The van der Waals surface area contributed by atoms with Crippen LogP contribution >= 0.6 is 0 Å². The summed E-state index contributed by atoms with van der Waals surface area (Å²) in [5.74, 6) is 2.03. The molecule has 0 spiro atoms. The molecule has 0 aliphatic carbocycles. The van der Waals surface area contributed by atoms with Gasteiger partial charge in [-0.15, -0.1) is 0 Å². The van der Waals surface area contributed by atoms with E-state index in [1.807, 2.05) is 29.2 Å². The molecular formula is C29H30F3N3O3. The van der Waals surface area contributed by atoms with Gasteiger partial charge in [0.1, 0.15) is 11.6 Å². The standard InChI is InChI=1S/C29H30F3N3O3/c1-37-21-6-8-27-23(16-21)22(9-11-34-27)26(33)7-5-18-10-13-35(17-24(18)29(36)38-2)12-3-4-19-14-20(30)15-25(31)28(19)32/h6,8-9,11,14-16,18,24,26H,5,7,10,12-13,17,33H2,1-2H3/t18-,24+,26-/m1/s1. The van der Waals surface area contributed by atoms with Gasteiger partial charge < -0.3 is 15.2 Å². The van der Waals surface area contributed by atoms with Gasteiger partial charge in [-0.1, -0.05) is 11.8 Å². The number of benzene rings is 2. The monoisotopic (exact) mass is 525 g/mol. The summed E-state index contributed by atoms with van der Waals surface area (Å²) in [5.41, 5.74) is 8.08. The molecule has 1 saturated heterocycles. The molecule has 1 fully saturated rings. The molecule has 3 aromatic rings. The highest BCUT2D eigenvalue weighted by Crippen LogP contribution is 2.33. The maximum absolute atomic E-state index is 13.9. The van der Waals surface area contributed by atoms with E-state index in [9.17, 15) is 18.0 Å². The van der Waals surface area contributed by atoms with Gasteiger partial charge in [0.2, 0.25) is 0 Å². The Morgan fingerprint density at radius 1 is 1.21 bits per heavy atom. The summed E-state index contributed by atoms with van der Waals surface area (Å²) in [6.07, 6.45) is 3.85. The maximum atomic E-state index is 13.9. The summed E-state index contributed by atoms with van der Waals surface area (Å²) in [7, 11) is 2.98. The van der Waals surface area contributed by atoms with Crippen LogP contribution in [0.15, 0.2) is 42.6 Å². The summed E-state index contributed by atoms with van der Waals surface area (Å²) in [5, 5.41) is 0.937. The number of halogens is 3. The lowest BCUT2D eigenvalue weighted by atomic mass is 9.81. The van der Waals surface area contributed by atoms with Crippen molar-refractivity contribution >= 4 is 16.9 Å². The lowest BCUT2D eigenvalue weighted by Crippen LogP contribution is -2.44. The third-order valence-electron chi connectivity index (χ3n) is 7.09. The molecule has 1 aromatic heterocycles. The number of carbonyl (C=O) groups excluding carboxylic acids is 1. The highest BCUT2D eigenvalue weighted by molar-refractivity contribution is 5.84. The molecule has 1 aliphatic rings. The number of carbonyl (C=O) groups is 1. The quantitative estimate of drug-likeness (QED) is 0.276. The highest BCUT2D eigenvalue weighted by atomic mass is 19.2. The van der Waals surface area contributed by atoms with Gasteiger partial charge in [-0.05, 0) is 67.6 Å². The van der Waals surface area contributed by atoms with E-state index in [0.29, 0.717) is 25.6 Å². The van der Waals surface area contributed by atoms with Crippen LogP contribution in [0.5, 0.6) is 5.75 Å². The molecule has 2 aromatic carbocycles. The first-order chi connectivity index (χ1) is 18.3. The zero-order valence-electron chi connectivity index (χ0n) is 21.3. The summed E-state index contributed by atoms with van der Waals surface area (Å²) in [6.45, 7) is 1.30. The Balaban J connectivity index is 1.41. The van der Waals surface area contributed by atoms with Gasteiger partial charge in [-0.3, -0.25) is 14.7 Å². The topological polar surface area (TPSA) is 77.7 Å². The number of likely N-dealkylation sites (tertiary alicyclic amines) is 1. The van der Waals surface area contributed by atoms with Gasteiger partial charge in [0, 0.05) is 30.2 Å². The van der Waals surface area contributed by atoms with E-state index in [2.05, 4.69) is 16.8 Å². The molecule has 0 unspecified atom stereocenters. The van der Waals surface area contributed by atoms with Crippen LogP contribution in [0.4, 0.5) is 13.2 Å². The Hall–Kier alpha value is -3.61. The number of hydrogen-bond acceptors (Lipinski definition) is 6. The third-order valence-corrected chi connectivity index (χ3v) is 7.09. The summed E-state index contributed by atoms with van der Waals surface area (Å²) >= 11 is 0. The average Bonchev–Trinajstić information content (AvgIpc) is 2.93. The number of hydrogen-bond donors (Lipinski definition) is 1. The second kappa shape index (κ2) is 12.3. The number of nitrogens with zero attached hydrogens (tertiary/aromatic N) is 2. The zero-order chi connectivity index (χ0) is 27.2. The minimum Gasteiger partial charge on any atom is -0.497 e. The molecule has 3 atom stereocenters. The molecule has 0 bridgehead atoms.